The van der Waals surface area contributed by atoms with Gasteiger partial charge in [0.2, 0.25) is 11.8 Å². The largest absolute Gasteiger partial charge is 0.472 e. The van der Waals surface area contributed by atoms with Crippen LogP contribution in [0.3, 0.4) is 0 Å². The third kappa shape index (κ3) is 9.33. The van der Waals surface area contributed by atoms with Crippen molar-refractivity contribution in [3.8, 4) is 0 Å². The highest BCUT2D eigenvalue weighted by molar-refractivity contribution is 7.98. The molecule has 0 saturated carbocycles. The monoisotopic (exact) mass is 674 g/mol. The zero-order chi connectivity index (χ0) is 32.7. The van der Waals surface area contributed by atoms with Crippen LogP contribution in [0.1, 0.15) is 45.8 Å². The number of nitrogens with zero attached hydrogens (tertiary/aromatic N) is 4. The lowest BCUT2D eigenvalue weighted by Crippen LogP contribution is -2.54. The van der Waals surface area contributed by atoms with Gasteiger partial charge in [0.25, 0.3) is 0 Å². The van der Waals surface area contributed by atoms with Gasteiger partial charge >= 0.3 is 7.82 Å². The molecule has 2 aliphatic heterocycles. The molecule has 0 aromatic carbocycles. The van der Waals surface area contributed by atoms with Gasteiger partial charge in [-0.2, -0.15) is 11.8 Å². The van der Waals surface area contributed by atoms with Crippen molar-refractivity contribution in [1.82, 2.24) is 35.5 Å². The Kier molecular flexibility index (Phi) is 12.5. The number of nitrogens with two attached hydrogens (primary N) is 1. The van der Waals surface area contributed by atoms with Crippen molar-refractivity contribution in [2.75, 3.05) is 37.5 Å². The summed E-state index contributed by atoms with van der Waals surface area (Å²) in [6.07, 6.45) is 1.61. The van der Waals surface area contributed by atoms with E-state index in [1.54, 1.807) is 11.8 Å². The van der Waals surface area contributed by atoms with Crippen molar-refractivity contribution in [2.45, 2.75) is 82.2 Å². The lowest BCUT2D eigenvalue weighted by Gasteiger charge is -2.26. The highest BCUT2D eigenvalue weighted by Gasteiger charge is 2.45. The van der Waals surface area contributed by atoms with E-state index < -0.39 is 57.0 Å². The van der Waals surface area contributed by atoms with Crippen LogP contribution in [0.2, 0.25) is 0 Å². The topological polar surface area (TPSA) is 245 Å². The van der Waals surface area contributed by atoms with Crippen LogP contribution in [0, 0.1) is 5.92 Å². The number of phosphoric ester groups is 1. The Morgan fingerprint density at radius 3 is 2.71 bits per heavy atom. The SMILES string of the molecule is CSCC[C@H](NC(=O)[C@@H]1CCCN1)C(=O)N[C@H](COP(=O)(O)OC[C@H]1O[C@@H](n2cnc3c(N)ncnc32)[C@H](O)[C@@H]1O)CC(C)C. The van der Waals surface area contributed by atoms with Gasteiger partial charge < -0.3 is 41.5 Å². The van der Waals surface area contributed by atoms with Gasteiger partial charge in [-0.15, -0.1) is 0 Å². The molecule has 19 heteroatoms. The van der Waals surface area contributed by atoms with Crippen LogP contribution in [-0.2, 0) is 27.9 Å². The minimum absolute atomic E-state index is 0.0974. The number of hydrogen-bond donors (Lipinski definition) is 7. The first-order valence-electron chi connectivity index (χ1n) is 14.8. The van der Waals surface area contributed by atoms with Crippen LogP contribution >= 0.6 is 19.6 Å². The minimum atomic E-state index is -4.70. The van der Waals surface area contributed by atoms with Gasteiger partial charge in [-0.25, -0.2) is 19.5 Å². The fraction of sp³-hybridized carbons (Fsp3) is 0.731. The highest BCUT2D eigenvalue weighted by Crippen LogP contribution is 2.44. The van der Waals surface area contributed by atoms with Crippen molar-refractivity contribution in [2.24, 2.45) is 5.92 Å². The number of carbonyl (C=O) groups is 2. The van der Waals surface area contributed by atoms with Crippen LogP contribution in [0.4, 0.5) is 5.82 Å². The fourth-order valence-corrected chi connectivity index (χ4v) is 6.52. The first kappa shape index (κ1) is 35.4. The number of imidazole rings is 1. The Morgan fingerprint density at radius 2 is 2.02 bits per heavy atom. The zero-order valence-electron chi connectivity index (χ0n) is 25.4. The number of nitrogen functional groups attached to an aromatic ring is 1. The molecule has 0 aliphatic carbocycles. The Labute approximate surface area is 265 Å². The number of carbonyl (C=O) groups excluding carboxylic acids is 2. The number of nitrogens with one attached hydrogen (secondary N) is 3. The van der Waals surface area contributed by atoms with Gasteiger partial charge in [0, 0.05) is 0 Å². The molecule has 8 atom stereocenters. The maximum Gasteiger partial charge on any atom is 0.472 e. The quantitative estimate of drug-likeness (QED) is 0.113. The number of aliphatic hydroxyl groups is 2. The van der Waals surface area contributed by atoms with E-state index in [4.69, 9.17) is 19.5 Å². The van der Waals surface area contributed by atoms with E-state index in [9.17, 15) is 29.3 Å². The maximum absolute atomic E-state index is 13.2. The molecular weight excluding hydrogens is 631 g/mol. The summed E-state index contributed by atoms with van der Waals surface area (Å²) in [4.78, 5) is 48.4. The second kappa shape index (κ2) is 15.9. The van der Waals surface area contributed by atoms with E-state index in [0.29, 0.717) is 25.0 Å². The number of phosphoric acid groups is 1. The maximum atomic E-state index is 13.2. The third-order valence-corrected chi connectivity index (χ3v) is 9.16. The summed E-state index contributed by atoms with van der Waals surface area (Å²) in [6, 6.07) is -1.79. The number of hydrogen-bond acceptors (Lipinski definition) is 14. The molecule has 0 spiro atoms. The summed E-state index contributed by atoms with van der Waals surface area (Å²) >= 11 is 1.55. The molecule has 2 aromatic heterocycles. The molecule has 17 nitrogen and oxygen atoms in total. The molecule has 1 unspecified atom stereocenters. The molecule has 2 aliphatic rings. The Bertz CT molecular complexity index is 1350. The Hall–Kier alpha value is -2.41. The van der Waals surface area contributed by atoms with Crippen molar-refractivity contribution in [3.63, 3.8) is 0 Å². The highest BCUT2D eigenvalue weighted by atomic mass is 32.2. The molecule has 252 valence electrons. The van der Waals surface area contributed by atoms with E-state index in [1.165, 1.54) is 17.2 Å². The van der Waals surface area contributed by atoms with E-state index >= 15 is 0 Å². The molecule has 2 fully saturated rings. The van der Waals surface area contributed by atoms with Crippen LogP contribution in [0.25, 0.3) is 11.2 Å². The standard InChI is InChI=1S/C26H43N8O9PS/c1-14(2)9-15(32-25(38)17(6-8-45-3)33-24(37)16-5-4-7-28-16)10-41-44(39,40)42-11-18-20(35)21(36)26(43-18)34-13-31-19-22(27)29-12-30-23(19)34/h12-18,20-21,26,28,35-36H,4-11H2,1-3H3,(H,32,38)(H,33,37)(H,39,40)(H2,27,29,30)/t15-,16-,17-,18+,20+,21+,26+/m0/s1. The van der Waals surface area contributed by atoms with Gasteiger partial charge in [-0.3, -0.25) is 23.2 Å². The van der Waals surface area contributed by atoms with Crippen LogP contribution in [-0.4, -0.2) is 115 Å². The average molecular weight is 675 g/mol. The van der Waals surface area contributed by atoms with Gasteiger partial charge in [0.15, 0.2) is 17.7 Å². The minimum Gasteiger partial charge on any atom is -0.387 e. The number of fused-ring (bicyclic) bond motifs is 1. The van der Waals surface area contributed by atoms with E-state index in [1.807, 2.05) is 20.1 Å². The molecule has 4 heterocycles. The molecule has 2 amide bonds. The average Bonchev–Trinajstić information content (AvgIpc) is 3.74. The summed E-state index contributed by atoms with van der Waals surface area (Å²) < 4.78 is 30.3. The Balaban J connectivity index is 1.33. The molecule has 0 radical (unpaired) electrons. The number of thioether (sulfide) groups is 1. The summed E-state index contributed by atoms with van der Waals surface area (Å²) in [5, 5.41) is 30.0. The summed E-state index contributed by atoms with van der Waals surface area (Å²) in [6.45, 7) is 3.66. The number of aromatic nitrogens is 4. The number of amides is 2. The first-order chi connectivity index (χ1) is 21.4. The summed E-state index contributed by atoms with van der Waals surface area (Å²) in [5.41, 5.74) is 6.36. The second-order valence-corrected chi connectivity index (χ2v) is 14.0. The number of anilines is 1. The van der Waals surface area contributed by atoms with Gasteiger partial charge in [-0.1, -0.05) is 13.8 Å². The molecule has 2 saturated heterocycles. The van der Waals surface area contributed by atoms with Gasteiger partial charge in [0.1, 0.15) is 36.2 Å². The van der Waals surface area contributed by atoms with Crippen molar-refractivity contribution in [1.29, 1.82) is 0 Å². The second-order valence-electron chi connectivity index (χ2n) is 11.5. The van der Waals surface area contributed by atoms with Crippen molar-refractivity contribution >= 4 is 48.4 Å². The molecule has 2 aromatic rings. The third-order valence-electron chi connectivity index (χ3n) is 7.56. The molecule has 8 N–H and O–H groups in total. The first-order valence-corrected chi connectivity index (χ1v) is 17.7. The molecule has 4 rings (SSSR count). The van der Waals surface area contributed by atoms with Crippen molar-refractivity contribution < 1.29 is 43.0 Å². The number of aliphatic hydroxyl groups excluding tert-OH is 2. The van der Waals surface area contributed by atoms with E-state index in [2.05, 4.69) is 30.9 Å². The fourth-order valence-electron chi connectivity index (χ4n) is 5.27. The number of ether oxygens (including phenoxy) is 1. The predicted octanol–water partition coefficient (Wildman–Crippen LogP) is -0.318. The molecular formula is C26H43N8O9PS. The van der Waals surface area contributed by atoms with E-state index in [0.717, 1.165) is 13.0 Å². The van der Waals surface area contributed by atoms with E-state index in [-0.39, 0.29) is 41.5 Å². The zero-order valence-corrected chi connectivity index (χ0v) is 27.2. The van der Waals surface area contributed by atoms with Crippen LogP contribution in [0.15, 0.2) is 12.7 Å². The normalized spacial score (nSPS) is 26.2. The van der Waals surface area contributed by atoms with Gasteiger partial charge in [0.05, 0.1) is 31.6 Å². The van der Waals surface area contributed by atoms with Crippen LogP contribution in [0.5, 0.6) is 0 Å². The van der Waals surface area contributed by atoms with Crippen LogP contribution < -0.4 is 21.7 Å². The Morgan fingerprint density at radius 1 is 1.24 bits per heavy atom. The lowest BCUT2D eigenvalue weighted by molar-refractivity contribution is -0.130. The van der Waals surface area contributed by atoms with Crippen molar-refractivity contribution in [3.05, 3.63) is 12.7 Å². The predicted molar refractivity (Wildman–Crippen MR) is 165 cm³/mol. The summed E-state index contributed by atoms with van der Waals surface area (Å²) in [7, 11) is -4.70. The smallest absolute Gasteiger partial charge is 0.387 e. The lowest BCUT2D eigenvalue weighted by atomic mass is 10.0. The van der Waals surface area contributed by atoms with Gasteiger partial charge in [-0.05, 0) is 50.2 Å². The number of rotatable bonds is 16. The molecule has 0 bridgehead atoms. The molecule has 45 heavy (non-hydrogen) atoms. The summed E-state index contributed by atoms with van der Waals surface area (Å²) in [5.74, 6) is 0.213.